The molecule has 3 rings (SSSR count). The molecule has 3 aromatic rings. The minimum Gasteiger partial charge on any atom is -0.369 e. The Balaban J connectivity index is 1.85. The standard InChI is InChI=1S/C18H19N5O3S3/c19-16(24)11-28-18-22-21-17(12-27-10-13-4-2-1-3-5-13)23(18)14-6-8-15(9-7-14)29(20,25)26/h1-9H,10-12H2,(H2,19,24)(H2,20,25,26). The first-order chi connectivity index (χ1) is 13.8. The third-order valence-corrected chi connectivity index (χ3v) is 6.69. The third-order valence-electron chi connectivity index (χ3n) is 3.81. The molecule has 0 saturated heterocycles. The number of sulfonamides is 1. The van der Waals surface area contributed by atoms with Gasteiger partial charge in [-0.1, -0.05) is 42.1 Å². The highest BCUT2D eigenvalue weighted by Crippen LogP contribution is 2.26. The van der Waals surface area contributed by atoms with Gasteiger partial charge in [0.05, 0.1) is 16.4 Å². The number of nitrogens with two attached hydrogens (primary N) is 2. The number of hydrogen-bond acceptors (Lipinski definition) is 7. The molecule has 0 spiro atoms. The maximum absolute atomic E-state index is 11.5. The molecule has 0 aliphatic rings. The highest BCUT2D eigenvalue weighted by molar-refractivity contribution is 7.99. The average molecular weight is 450 g/mol. The highest BCUT2D eigenvalue weighted by Gasteiger charge is 2.16. The Morgan fingerprint density at radius 1 is 1.00 bits per heavy atom. The largest absolute Gasteiger partial charge is 0.369 e. The van der Waals surface area contributed by atoms with Crippen LogP contribution in [0.5, 0.6) is 0 Å². The first kappa shape index (κ1) is 21.4. The molecule has 0 radical (unpaired) electrons. The highest BCUT2D eigenvalue weighted by atomic mass is 32.2. The van der Waals surface area contributed by atoms with Crippen LogP contribution in [0.25, 0.3) is 5.69 Å². The summed E-state index contributed by atoms with van der Waals surface area (Å²) in [5, 5.41) is 14.1. The van der Waals surface area contributed by atoms with Crippen molar-refractivity contribution in [2.45, 2.75) is 21.6 Å². The quantitative estimate of drug-likeness (QED) is 0.477. The van der Waals surface area contributed by atoms with Crippen LogP contribution in [0.4, 0.5) is 0 Å². The van der Waals surface area contributed by atoms with E-state index in [0.29, 0.717) is 22.4 Å². The minimum absolute atomic E-state index is 0.0145. The molecule has 0 fully saturated rings. The van der Waals surface area contributed by atoms with Crippen LogP contribution in [0, 0.1) is 0 Å². The monoisotopic (exact) mass is 449 g/mol. The summed E-state index contributed by atoms with van der Waals surface area (Å²) in [5.41, 5.74) is 7.12. The average Bonchev–Trinajstić information content (AvgIpc) is 3.09. The van der Waals surface area contributed by atoms with E-state index < -0.39 is 15.9 Å². The second kappa shape index (κ2) is 9.44. The van der Waals surface area contributed by atoms with Crippen LogP contribution in [-0.4, -0.2) is 34.8 Å². The van der Waals surface area contributed by atoms with E-state index in [-0.39, 0.29) is 10.6 Å². The molecule has 8 nitrogen and oxygen atoms in total. The summed E-state index contributed by atoms with van der Waals surface area (Å²) in [7, 11) is -3.79. The van der Waals surface area contributed by atoms with Gasteiger partial charge >= 0.3 is 0 Å². The third kappa shape index (κ3) is 5.82. The Labute approximate surface area is 177 Å². The van der Waals surface area contributed by atoms with Gasteiger partial charge in [-0.3, -0.25) is 9.36 Å². The fourth-order valence-corrected chi connectivity index (χ4v) is 4.63. The first-order valence-electron chi connectivity index (χ1n) is 8.45. The molecule has 1 aromatic heterocycles. The van der Waals surface area contributed by atoms with Crippen LogP contribution in [0.1, 0.15) is 11.4 Å². The Morgan fingerprint density at radius 2 is 1.69 bits per heavy atom. The lowest BCUT2D eigenvalue weighted by Crippen LogP contribution is -2.14. The summed E-state index contributed by atoms with van der Waals surface area (Å²) in [5.74, 6) is 1.66. The minimum atomic E-state index is -3.79. The van der Waals surface area contributed by atoms with Crippen molar-refractivity contribution in [1.82, 2.24) is 14.8 Å². The van der Waals surface area contributed by atoms with Crippen molar-refractivity contribution in [3.05, 3.63) is 66.0 Å². The summed E-state index contributed by atoms with van der Waals surface area (Å²) >= 11 is 2.85. The number of carbonyl (C=O) groups excluding carboxylic acids is 1. The molecule has 0 aliphatic heterocycles. The fourth-order valence-electron chi connectivity index (χ4n) is 2.50. The maximum Gasteiger partial charge on any atom is 0.238 e. The van der Waals surface area contributed by atoms with Gasteiger partial charge < -0.3 is 5.73 Å². The molecule has 11 heteroatoms. The van der Waals surface area contributed by atoms with Crippen LogP contribution in [0.15, 0.2) is 64.6 Å². The van der Waals surface area contributed by atoms with Crippen molar-refractivity contribution in [2.24, 2.45) is 10.9 Å². The SMILES string of the molecule is NC(=O)CSc1nnc(CSCc2ccccc2)n1-c1ccc(S(N)(=O)=O)cc1. The zero-order chi connectivity index (χ0) is 20.9. The van der Waals surface area contributed by atoms with E-state index in [0.717, 1.165) is 5.75 Å². The number of amides is 1. The number of thioether (sulfide) groups is 2. The number of nitrogens with zero attached hydrogens (tertiary/aromatic N) is 3. The van der Waals surface area contributed by atoms with Crippen molar-refractivity contribution in [3.63, 3.8) is 0 Å². The fraction of sp³-hybridized carbons (Fsp3) is 0.167. The molecule has 0 bridgehead atoms. The van der Waals surface area contributed by atoms with Crippen LogP contribution in [0.3, 0.4) is 0 Å². The van der Waals surface area contributed by atoms with Gasteiger partial charge in [-0.25, -0.2) is 13.6 Å². The molecule has 1 heterocycles. The van der Waals surface area contributed by atoms with Crippen molar-refractivity contribution < 1.29 is 13.2 Å². The van der Waals surface area contributed by atoms with E-state index in [1.807, 2.05) is 18.2 Å². The number of rotatable bonds is 9. The summed E-state index contributed by atoms with van der Waals surface area (Å²) < 4.78 is 24.8. The van der Waals surface area contributed by atoms with E-state index in [1.165, 1.54) is 29.5 Å². The number of hydrogen-bond donors (Lipinski definition) is 2. The summed E-state index contributed by atoms with van der Waals surface area (Å²) in [6, 6.07) is 16.2. The van der Waals surface area contributed by atoms with Gasteiger partial charge in [-0.2, -0.15) is 0 Å². The second-order valence-corrected chi connectivity index (χ2v) is 9.50. The van der Waals surface area contributed by atoms with Gasteiger partial charge in [0.1, 0.15) is 5.82 Å². The Hall–Kier alpha value is -2.34. The predicted molar refractivity (Wildman–Crippen MR) is 114 cm³/mol. The van der Waals surface area contributed by atoms with E-state index in [9.17, 15) is 13.2 Å². The zero-order valence-electron chi connectivity index (χ0n) is 15.3. The van der Waals surface area contributed by atoms with Crippen molar-refractivity contribution in [3.8, 4) is 5.69 Å². The summed E-state index contributed by atoms with van der Waals surface area (Å²) in [4.78, 5) is 11.2. The van der Waals surface area contributed by atoms with Crippen molar-refractivity contribution in [2.75, 3.05) is 5.75 Å². The number of aromatic nitrogens is 3. The molecular weight excluding hydrogens is 430 g/mol. The molecular formula is C18H19N5O3S3. The van der Waals surface area contributed by atoms with Gasteiger partial charge in [0.2, 0.25) is 15.9 Å². The predicted octanol–water partition coefficient (Wildman–Crippen LogP) is 1.93. The Kier molecular flexibility index (Phi) is 6.96. The number of carbonyl (C=O) groups is 1. The van der Waals surface area contributed by atoms with Crippen molar-refractivity contribution >= 4 is 39.5 Å². The maximum atomic E-state index is 11.5. The molecule has 152 valence electrons. The molecule has 29 heavy (non-hydrogen) atoms. The molecule has 4 N–H and O–H groups in total. The molecule has 1 amide bonds. The lowest BCUT2D eigenvalue weighted by Gasteiger charge is -2.10. The zero-order valence-corrected chi connectivity index (χ0v) is 17.7. The molecule has 0 aliphatic carbocycles. The van der Waals surface area contributed by atoms with Gasteiger partial charge in [-0.15, -0.1) is 22.0 Å². The summed E-state index contributed by atoms with van der Waals surface area (Å²) in [6.45, 7) is 0. The Morgan fingerprint density at radius 3 is 2.31 bits per heavy atom. The van der Waals surface area contributed by atoms with E-state index in [4.69, 9.17) is 10.9 Å². The first-order valence-corrected chi connectivity index (χ1v) is 12.1. The van der Waals surface area contributed by atoms with Gasteiger partial charge in [0.15, 0.2) is 5.16 Å². The normalized spacial score (nSPS) is 11.5. The van der Waals surface area contributed by atoms with E-state index >= 15 is 0 Å². The van der Waals surface area contributed by atoms with Gasteiger partial charge in [0.25, 0.3) is 0 Å². The Bertz CT molecular complexity index is 1080. The van der Waals surface area contributed by atoms with Gasteiger partial charge in [-0.05, 0) is 29.8 Å². The number of benzene rings is 2. The van der Waals surface area contributed by atoms with Crippen LogP contribution >= 0.6 is 23.5 Å². The van der Waals surface area contributed by atoms with E-state index in [2.05, 4.69) is 22.3 Å². The van der Waals surface area contributed by atoms with Crippen LogP contribution in [-0.2, 0) is 26.3 Å². The molecule has 0 unspecified atom stereocenters. The van der Waals surface area contributed by atoms with E-state index in [1.54, 1.807) is 28.5 Å². The van der Waals surface area contributed by atoms with Crippen LogP contribution < -0.4 is 10.9 Å². The molecule has 0 saturated carbocycles. The lowest BCUT2D eigenvalue weighted by atomic mass is 10.2. The molecule has 0 atom stereocenters. The number of primary sulfonamides is 1. The topological polar surface area (TPSA) is 134 Å². The van der Waals surface area contributed by atoms with Crippen LogP contribution in [0.2, 0.25) is 0 Å². The smallest absolute Gasteiger partial charge is 0.238 e. The van der Waals surface area contributed by atoms with Crippen molar-refractivity contribution in [1.29, 1.82) is 0 Å². The number of primary amides is 1. The lowest BCUT2D eigenvalue weighted by molar-refractivity contribution is -0.115. The second-order valence-electron chi connectivity index (χ2n) is 6.01. The molecule has 2 aromatic carbocycles. The van der Waals surface area contributed by atoms with Gasteiger partial charge in [0, 0.05) is 11.4 Å². The summed E-state index contributed by atoms with van der Waals surface area (Å²) in [6.07, 6.45) is 0.